The van der Waals surface area contributed by atoms with E-state index in [-0.39, 0.29) is 13.1 Å². The highest BCUT2D eigenvalue weighted by atomic mass is 35.5. The highest BCUT2D eigenvalue weighted by molar-refractivity contribution is 7.88. The molecule has 0 spiro atoms. The number of amides is 1. The summed E-state index contributed by atoms with van der Waals surface area (Å²) in [5, 5.41) is 3.28. The van der Waals surface area contributed by atoms with Gasteiger partial charge in [0.2, 0.25) is 10.0 Å². The number of piperidine rings is 1. The molecule has 1 fully saturated rings. The van der Waals surface area contributed by atoms with Crippen molar-refractivity contribution in [2.75, 3.05) is 31.3 Å². The molecule has 1 aromatic carbocycles. The van der Waals surface area contributed by atoms with Crippen molar-refractivity contribution in [3.63, 3.8) is 0 Å². The van der Waals surface area contributed by atoms with Crippen molar-refractivity contribution in [3.05, 3.63) is 28.2 Å². The van der Waals surface area contributed by atoms with Crippen molar-refractivity contribution < 1.29 is 22.7 Å². The predicted molar refractivity (Wildman–Crippen MR) is 95.2 cm³/mol. The smallest absolute Gasteiger partial charge is 0.309 e. The molecule has 138 valence electrons. The fraction of sp³-hybridized carbons (Fsp3) is 0.467. The second-order valence-corrected chi connectivity index (χ2v) is 8.61. The molecule has 0 aliphatic carbocycles. The molecule has 7 nitrogen and oxygen atoms in total. The van der Waals surface area contributed by atoms with E-state index < -0.39 is 34.4 Å². The average molecular weight is 409 g/mol. The van der Waals surface area contributed by atoms with Crippen molar-refractivity contribution in [2.45, 2.75) is 12.8 Å². The first-order valence-electron chi connectivity index (χ1n) is 7.53. The van der Waals surface area contributed by atoms with E-state index in [4.69, 9.17) is 27.9 Å². The molecule has 0 atom stereocenters. The number of benzene rings is 1. The van der Waals surface area contributed by atoms with Crippen LogP contribution in [-0.2, 0) is 24.3 Å². The van der Waals surface area contributed by atoms with Gasteiger partial charge in [-0.2, -0.15) is 0 Å². The number of sulfonamides is 1. The summed E-state index contributed by atoms with van der Waals surface area (Å²) in [5.74, 6) is -1.43. The normalized spacial score (nSPS) is 16.4. The summed E-state index contributed by atoms with van der Waals surface area (Å²) < 4.78 is 29.2. The van der Waals surface area contributed by atoms with Gasteiger partial charge < -0.3 is 10.1 Å². The van der Waals surface area contributed by atoms with Crippen molar-refractivity contribution in [3.8, 4) is 0 Å². The van der Waals surface area contributed by atoms with Crippen LogP contribution in [0.5, 0.6) is 0 Å². The minimum Gasteiger partial charge on any atom is -0.455 e. The molecule has 0 saturated carbocycles. The van der Waals surface area contributed by atoms with E-state index in [9.17, 15) is 18.0 Å². The summed E-state index contributed by atoms with van der Waals surface area (Å²) in [6.45, 7) is 0.104. The zero-order chi connectivity index (χ0) is 18.6. The van der Waals surface area contributed by atoms with Gasteiger partial charge in [-0.1, -0.05) is 23.2 Å². The highest BCUT2D eigenvalue weighted by Gasteiger charge is 2.30. The van der Waals surface area contributed by atoms with Crippen LogP contribution >= 0.6 is 23.2 Å². The van der Waals surface area contributed by atoms with Gasteiger partial charge >= 0.3 is 5.97 Å². The van der Waals surface area contributed by atoms with Crippen molar-refractivity contribution >= 4 is 50.8 Å². The largest absolute Gasteiger partial charge is 0.455 e. The Morgan fingerprint density at radius 2 is 1.76 bits per heavy atom. The number of anilines is 1. The summed E-state index contributed by atoms with van der Waals surface area (Å²) >= 11 is 11.7. The molecule has 0 radical (unpaired) electrons. The van der Waals surface area contributed by atoms with Crippen LogP contribution in [0.2, 0.25) is 10.0 Å². The van der Waals surface area contributed by atoms with Crippen LogP contribution in [0.4, 0.5) is 5.69 Å². The Morgan fingerprint density at radius 3 is 2.28 bits per heavy atom. The standard InChI is InChI=1S/C15H18Cl2N2O5S/c1-25(22,23)19-4-2-10(3-5-19)15(21)24-9-14(20)18-13-7-11(16)6-12(17)8-13/h6-8,10H,2-5,9H2,1H3,(H,18,20). The third-order valence-electron chi connectivity index (χ3n) is 3.75. The molecule has 0 bridgehead atoms. The van der Waals surface area contributed by atoms with Crippen LogP contribution in [0, 0.1) is 5.92 Å². The van der Waals surface area contributed by atoms with Crippen LogP contribution in [0.15, 0.2) is 18.2 Å². The van der Waals surface area contributed by atoms with E-state index in [1.54, 1.807) is 0 Å². The monoisotopic (exact) mass is 408 g/mol. The van der Waals surface area contributed by atoms with Crippen LogP contribution in [0.3, 0.4) is 0 Å². The second-order valence-electron chi connectivity index (χ2n) is 5.75. The number of hydrogen-bond donors (Lipinski definition) is 1. The lowest BCUT2D eigenvalue weighted by atomic mass is 9.98. The third kappa shape index (κ3) is 6.14. The SMILES string of the molecule is CS(=O)(=O)N1CCC(C(=O)OCC(=O)Nc2cc(Cl)cc(Cl)c2)CC1. The topological polar surface area (TPSA) is 92.8 Å². The van der Waals surface area contributed by atoms with Gasteiger partial charge in [-0.25, -0.2) is 12.7 Å². The van der Waals surface area contributed by atoms with Crippen LogP contribution in [0.1, 0.15) is 12.8 Å². The zero-order valence-electron chi connectivity index (χ0n) is 13.5. The lowest BCUT2D eigenvalue weighted by Crippen LogP contribution is -2.40. The summed E-state index contributed by atoms with van der Waals surface area (Å²) in [6.07, 6.45) is 1.88. The molecule has 1 aliphatic heterocycles. The van der Waals surface area contributed by atoms with Gasteiger partial charge in [0.1, 0.15) is 0 Å². The number of hydrogen-bond acceptors (Lipinski definition) is 5. The Labute approximate surface area is 156 Å². The molecule has 1 saturated heterocycles. The Morgan fingerprint density at radius 1 is 1.20 bits per heavy atom. The minimum absolute atomic E-state index is 0.270. The Balaban J connectivity index is 1.79. The van der Waals surface area contributed by atoms with Crippen LogP contribution in [-0.4, -0.2) is 50.6 Å². The summed E-state index contributed by atoms with van der Waals surface area (Å²) in [5.41, 5.74) is 0.403. The molecule has 0 unspecified atom stereocenters. The molecule has 1 N–H and O–H groups in total. The Kier molecular flexibility index (Phi) is 6.67. The first-order chi connectivity index (χ1) is 11.6. The number of ether oxygens (including phenoxy) is 1. The van der Waals surface area contributed by atoms with Gasteiger partial charge in [0, 0.05) is 28.8 Å². The van der Waals surface area contributed by atoms with E-state index >= 15 is 0 Å². The lowest BCUT2D eigenvalue weighted by Gasteiger charge is -2.28. The van der Waals surface area contributed by atoms with Crippen LogP contribution in [0.25, 0.3) is 0 Å². The van der Waals surface area contributed by atoms with Crippen LogP contribution < -0.4 is 5.32 Å². The molecule has 1 aliphatic rings. The fourth-order valence-corrected chi connectivity index (χ4v) is 3.90. The first-order valence-corrected chi connectivity index (χ1v) is 10.1. The maximum Gasteiger partial charge on any atom is 0.309 e. The highest BCUT2D eigenvalue weighted by Crippen LogP contribution is 2.23. The molecule has 0 aromatic heterocycles. The number of esters is 1. The molecule has 1 amide bonds. The minimum atomic E-state index is -3.25. The zero-order valence-corrected chi connectivity index (χ0v) is 15.8. The van der Waals surface area contributed by atoms with Gasteiger partial charge in [0.05, 0.1) is 12.2 Å². The molecular formula is C15H18Cl2N2O5S. The van der Waals surface area contributed by atoms with Gasteiger partial charge in [0.25, 0.3) is 5.91 Å². The summed E-state index contributed by atoms with van der Waals surface area (Å²) in [6, 6.07) is 4.57. The number of rotatable bonds is 5. The van der Waals surface area contributed by atoms with E-state index in [1.165, 1.54) is 22.5 Å². The van der Waals surface area contributed by atoms with E-state index in [1.807, 2.05) is 0 Å². The quantitative estimate of drug-likeness (QED) is 0.753. The second kappa shape index (κ2) is 8.35. The molecule has 1 aromatic rings. The molecule has 10 heteroatoms. The number of halogens is 2. The number of carbonyl (C=O) groups excluding carboxylic acids is 2. The average Bonchev–Trinajstić information content (AvgIpc) is 2.51. The molecule has 1 heterocycles. The Bertz CT molecular complexity index is 741. The number of carbonyl (C=O) groups is 2. The first kappa shape index (κ1) is 20.0. The van der Waals surface area contributed by atoms with Gasteiger partial charge in [-0.3, -0.25) is 9.59 Å². The lowest BCUT2D eigenvalue weighted by molar-refractivity contribution is -0.152. The maximum atomic E-state index is 12.0. The van der Waals surface area contributed by atoms with Gasteiger partial charge in [-0.15, -0.1) is 0 Å². The van der Waals surface area contributed by atoms with Gasteiger partial charge in [0.15, 0.2) is 6.61 Å². The number of nitrogens with one attached hydrogen (secondary N) is 1. The summed E-state index contributed by atoms with van der Waals surface area (Å²) in [7, 11) is -3.25. The van der Waals surface area contributed by atoms with Crippen molar-refractivity contribution in [1.29, 1.82) is 0 Å². The Hall–Kier alpha value is -1.35. The summed E-state index contributed by atoms with van der Waals surface area (Å²) in [4.78, 5) is 23.9. The third-order valence-corrected chi connectivity index (χ3v) is 5.49. The van der Waals surface area contributed by atoms with E-state index in [2.05, 4.69) is 5.32 Å². The van der Waals surface area contributed by atoms with Crippen molar-refractivity contribution in [1.82, 2.24) is 4.31 Å². The number of nitrogens with zero attached hydrogens (tertiary/aromatic N) is 1. The maximum absolute atomic E-state index is 12.0. The van der Waals surface area contributed by atoms with Crippen molar-refractivity contribution in [2.24, 2.45) is 5.92 Å². The molecule has 2 rings (SSSR count). The van der Waals surface area contributed by atoms with Gasteiger partial charge in [-0.05, 0) is 31.0 Å². The molecule has 25 heavy (non-hydrogen) atoms. The van der Waals surface area contributed by atoms with E-state index in [0.717, 1.165) is 6.26 Å². The fourth-order valence-electron chi connectivity index (χ4n) is 2.50. The predicted octanol–water partition coefficient (Wildman–Crippen LogP) is 2.15. The molecular weight excluding hydrogens is 391 g/mol. The van der Waals surface area contributed by atoms with E-state index in [0.29, 0.717) is 28.6 Å².